The molecule has 1 saturated carbocycles. The van der Waals surface area contributed by atoms with Gasteiger partial charge in [-0.1, -0.05) is 30.3 Å². The van der Waals surface area contributed by atoms with Crippen molar-refractivity contribution < 1.29 is 13.9 Å². The zero-order valence-corrected chi connectivity index (χ0v) is 15.8. The first-order valence-electron chi connectivity index (χ1n) is 9.95. The molecule has 28 heavy (non-hydrogen) atoms. The Morgan fingerprint density at radius 1 is 1.18 bits per heavy atom. The van der Waals surface area contributed by atoms with Gasteiger partial charge in [-0.15, -0.1) is 0 Å². The minimum Gasteiger partial charge on any atom is -0.444 e. The van der Waals surface area contributed by atoms with E-state index in [1.807, 2.05) is 42.7 Å². The predicted molar refractivity (Wildman–Crippen MR) is 104 cm³/mol. The molecule has 4 rings (SSSR count). The molecule has 2 aromatic rings. The van der Waals surface area contributed by atoms with Gasteiger partial charge in [0.2, 0.25) is 0 Å². The van der Waals surface area contributed by atoms with Crippen LogP contribution in [0.5, 0.6) is 0 Å². The summed E-state index contributed by atoms with van der Waals surface area (Å²) in [4.78, 5) is 17.5. The van der Waals surface area contributed by atoms with E-state index in [1.165, 1.54) is 10.5 Å². The SMILES string of the molecule is O=C(OCc1ccccc1)N1CCC(CN[C@@H]2C[C@H]2c2ccncc2)CC1F. The van der Waals surface area contributed by atoms with Crippen molar-refractivity contribution in [2.45, 2.75) is 44.1 Å². The lowest BCUT2D eigenvalue weighted by Gasteiger charge is -2.34. The summed E-state index contributed by atoms with van der Waals surface area (Å²) in [6, 6.07) is 14.0. The third-order valence-electron chi connectivity index (χ3n) is 5.68. The highest BCUT2D eigenvalue weighted by Gasteiger charge is 2.39. The molecule has 0 spiro atoms. The Morgan fingerprint density at radius 2 is 1.96 bits per heavy atom. The van der Waals surface area contributed by atoms with Gasteiger partial charge in [-0.3, -0.25) is 9.88 Å². The number of piperidine rings is 1. The Hall–Kier alpha value is -2.47. The monoisotopic (exact) mass is 383 g/mol. The number of ether oxygens (including phenoxy) is 1. The summed E-state index contributed by atoms with van der Waals surface area (Å²) in [5.41, 5.74) is 2.21. The molecule has 1 aromatic heterocycles. The van der Waals surface area contributed by atoms with Crippen molar-refractivity contribution in [3.8, 4) is 0 Å². The summed E-state index contributed by atoms with van der Waals surface area (Å²) < 4.78 is 19.8. The van der Waals surface area contributed by atoms with E-state index in [4.69, 9.17) is 4.74 Å². The number of benzene rings is 1. The molecule has 1 amide bonds. The van der Waals surface area contributed by atoms with Crippen LogP contribution in [0.1, 0.15) is 36.3 Å². The fourth-order valence-electron chi connectivity index (χ4n) is 3.89. The van der Waals surface area contributed by atoms with E-state index in [-0.39, 0.29) is 12.5 Å². The van der Waals surface area contributed by atoms with Crippen molar-refractivity contribution in [1.29, 1.82) is 0 Å². The second-order valence-electron chi connectivity index (χ2n) is 7.70. The van der Waals surface area contributed by atoms with Crippen molar-refractivity contribution in [2.75, 3.05) is 13.1 Å². The second-order valence-corrected chi connectivity index (χ2v) is 7.70. The molecule has 1 aliphatic heterocycles. The maximum atomic E-state index is 14.5. The first kappa shape index (κ1) is 18.9. The Labute approximate surface area is 164 Å². The van der Waals surface area contributed by atoms with E-state index in [0.29, 0.717) is 24.9 Å². The summed E-state index contributed by atoms with van der Waals surface area (Å²) in [6.45, 7) is 1.37. The van der Waals surface area contributed by atoms with Crippen LogP contribution in [-0.2, 0) is 11.3 Å². The van der Waals surface area contributed by atoms with Crippen LogP contribution in [0.4, 0.5) is 9.18 Å². The highest BCUT2D eigenvalue weighted by atomic mass is 19.1. The van der Waals surface area contributed by atoms with Crippen molar-refractivity contribution in [3.63, 3.8) is 0 Å². The number of pyridine rings is 1. The van der Waals surface area contributed by atoms with Gasteiger partial charge in [0.1, 0.15) is 6.61 Å². The number of rotatable bonds is 6. The molecule has 4 atom stereocenters. The molecule has 1 aromatic carbocycles. The summed E-state index contributed by atoms with van der Waals surface area (Å²) in [5, 5.41) is 3.56. The second kappa shape index (κ2) is 8.69. The number of carbonyl (C=O) groups is 1. The van der Waals surface area contributed by atoms with Gasteiger partial charge in [0.25, 0.3) is 0 Å². The lowest BCUT2D eigenvalue weighted by molar-refractivity contribution is 0.00934. The largest absolute Gasteiger partial charge is 0.444 e. The maximum Gasteiger partial charge on any atom is 0.412 e. The zero-order chi connectivity index (χ0) is 19.3. The number of halogens is 1. The van der Waals surface area contributed by atoms with Gasteiger partial charge in [0.05, 0.1) is 0 Å². The van der Waals surface area contributed by atoms with Gasteiger partial charge >= 0.3 is 6.09 Å². The quantitative estimate of drug-likeness (QED) is 0.770. The highest BCUT2D eigenvalue weighted by Crippen LogP contribution is 2.40. The number of hydrogen-bond acceptors (Lipinski definition) is 4. The summed E-state index contributed by atoms with van der Waals surface area (Å²) in [5.74, 6) is 0.782. The van der Waals surface area contributed by atoms with Gasteiger partial charge in [0.15, 0.2) is 6.30 Å². The van der Waals surface area contributed by atoms with Crippen LogP contribution in [0.15, 0.2) is 54.9 Å². The number of hydrogen-bond donors (Lipinski definition) is 1. The third kappa shape index (κ3) is 4.68. The molecule has 5 nitrogen and oxygen atoms in total. The highest BCUT2D eigenvalue weighted by molar-refractivity contribution is 5.68. The van der Waals surface area contributed by atoms with Crippen LogP contribution in [0.3, 0.4) is 0 Å². The maximum absolute atomic E-state index is 14.5. The van der Waals surface area contributed by atoms with Crippen molar-refractivity contribution in [1.82, 2.24) is 15.2 Å². The standard InChI is InChI=1S/C22H26FN3O2/c23-21-12-17(14-25-20-13-19(20)18-6-9-24-10-7-18)8-11-26(21)22(27)28-15-16-4-2-1-3-5-16/h1-7,9-10,17,19-21,25H,8,11-15H2/t17?,19-,20+,21?/m0/s1. The van der Waals surface area contributed by atoms with Gasteiger partial charge in [0, 0.05) is 37.3 Å². The molecule has 2 fully saturated rings. The smallest absolute Gasteiger partial charge is 0.412 e. The summed E-state index contributed by atoms with van der Waals surface area (Å²) in [6.07, 6.45) is 4.08. The Balaban J connectivity index is 1.18. The molecule has 2 heterocycles. The molecule has 0 bridgehead atoms. The van der Waals surface area contributed by atoms with E-state index in [0.717, 1.165) is 24.9 Å². The van der Waals surface area contributed by atoms with Crippen LogP contribution in [0, 0.1) is 5.92 Å². The van der Waals surface area contributed by atoms with Gasteiger partial charge in [-0.2, -0.15) is 0 Å². The van der Waals surface area contributed by atoms with Gasteiger partial charge in [-0.05, 0) is 48.6 Å². The van der Waals surface area contributed by atoms with Crippen molar-refractivity contribution in [2.24, 2.45) is 5.92 Å². The normalized spacial score (nSPS) is 26.7. The lowest BCUT2D eigenvalue weighted by atomic mass is 9.96. The lowest BCUT2D eigenvalue weighted by Crippen LogP contribution is -2.46. The molecule has 0 radical (unpaired) electrons. The number of nitrogens with one attached hydrogen (secondary N) is 1. The third-order valence-corrected chi connectivity index (χ3v) is 5.68. The molecular formula is C22H26FN3O2. The van der Waals surface area contributed by atoms with E-state index in [2.05, 4.69) is 22.4 Å². The van der Waals surface area contributed by atoms with E-state index in [1.54, 1.807) is 0 Å². The van der Waals surface area contributed by atoms with E-state index >= 15 is 0 Å². The van der Waals surface area contributed by atoms with Crippen LogP contribution >= 0.6 is 0 Å². The topological polar surface area (TPSA) is 54.5 Å². The number of amides is 1. The fourth-order valence-corrected chi connectivity index (χ4v) is 3.89. The molecule has 1 saturated heterocycles. The number of likely N-dealkylation sites (tertiary alicyclic amines) is 1. The van der Waals surface area contributed by atoms with Crippen molar-refractivity contribution >= 4 is 6.09 Å². The molecule has 2 aliphatic rings. The number of carbonyl (C=O) groups excluding carboxylic acids is 1. The van der Waals surface area contributed by atoms with Crippen LogP contribution < -0.4 is 5.32 Å². The minimum atomic E-state index is -1.28. The number of aromatic nitrogens is 1. The zero-order valence-electron chi connectivity index (χ0n) is 15.8. The molecule has 1 N–H and O–H groups in total. The Morgan fingerprint density at radius 3 is 2.71 bits per heavy atom. The Bertz CT molecular complexity index is 774. The van der Waals surface area contributed by atoms with Crippen LogP contribution in [0.25, 0.3) is 0 Å². The summed E-state index contributed by atoms with van der Waals surface area (Å²) >= 11 is 0. The average molecular weight is 383 g/mol. The number of alkyl halides is 1. The fraction of sp³-hybridized carbons (Fsp3) is 0.455. The van der Waals surface area contributed by atoms with E-state index < -0.39 is 12.4 Å². The molecule has 2 unspecified atom stereocenters. The molecule has 148 valence electrons. The predicted octanol–water partition coefficient (Wildman–Crippen LogP) is 3.87. The first-order chi connectivity index (χ1) is 13.7. The van der Waals surface area contributed by atoms with Crippen molar-refractivity contribution in [3.05, 3.63) is 66.0 Å². The first-order valence-corrected chi connectivity index (χ1v) is 9.95. The summed E-state index contributed by atoms with van der Waals surface area (Å²) in [7, 11) is 0. The molecule has 1 aliphatic carbocycles. The average Bonchev–Trinajstić information content (AvgIpc) is 3.52. The Kier molecular flexibility index (Phi) is 5.86. The number of nitrogens with zero attached hydrogens (tertiary/aromatic N) is 2. The molecule has 6 heteroatoms. The molecular weight excluding hydrogens is 357 g/mol. The van der Waals surface area contributed by atoms with Crippen LogP contribution in [0.2, 0.25) is 0 Å². The minimum absolute atomic E-state index is 0.173. The van der Waals surface area contributed by atoms with Crippen LogP contribution in [-0.4, -0.2) is 41.4 Å². The van der Waals surface area contributed by atoms with E-state index in [9.17, 15) is 9.18 Å². The van der Waals surface area contributed by atoms with Gasteiger partial charge in [-0.25, -0.2) is 9.18 Å². The van der Waals surface area contributed by atoms with Gasteiger partial charge < -0.3 is 10.1 Å².